The molecule has 6 rings (SSSR count). The van der Waals surface area contributed by atoms with Gasteiger partial charge >= 0.3 is 0 Å². The molecule has 2 aliphatic rings. The molecular formula is C40H42N6O6. The van der Waals surface area contributed by atoms with Gasteiger partial charge in [0.2, 0.25) is 23.6 Å². The van der Waals surface area contributed by atoms with E-state index in [4.69, 9.17) is 9.47 Å². The number of amides is 4. The molecule has 52 heavy (non-hydrogen) atoms. The Morgan fingerprint density at radius 1 is 0.654 bits per heavy atom. The highest BCUT2D eigenvalue weighted by Crippen LogP contribution is 2.27. The number of nitrogens with one attached hydrogen (secondary N) is 2. The standard InChI is InChI=1S/C40H42N6O6/c1-3-51-37-31(9-5-23-41-37)39(49)45-25-7-11-33(45)35(47)43-29-19-15-27(16-20-29)13-14-28-17-21-30(22-18-28)44-36(48)34-12-8-26-46(34)40(50)32-10-6-24-42-38(32)52-4-2/h5-6,9-10,13-24,33-34H,3-4,7-8,11-12,25-26H2,1-2H3,(H,43,47)(H,44,48)/b14-13+/t33-,34-/m0/s1. The third-order valence-electron chi connectivity index (χ3n) is 9.02. The number of carbonyl (C=O) groups excluding carboxylic acids is 4. The Balaban J connectivity index is 1.02. The van der Waals surface area contributed by atoms with E-state index < -0.39 is 12.1 Å². The summed E-state index contributed by atoms with van der Waals surface area (Å²) in [5, 5.41) is 5.92. The van der Waals surface area contributed by atoms with Crippen LogP contribution < -0.4 is 20.1 Å². The summed E-state index contributed by atoms with van der Waals surface area (Å²) >= 11 is 0. The molecule has 0 saturated carbocycles. The molecule has 4 aromatic rings. The van der Waals surface area contributed by atoms with Crippen molar-refractivity contribution in [2.24, 2.45) is 0 Å². The smallest absolute Gasteiger partial charge is 0.260 e. The second-order valence-electron chi connectivity index (χ2n) is 12.4. The summed E-state index contributed by atoms with van der Waals surface area (Å²) < 4.78 is 11.1. The van der Waals surface area contributed by atoms with Crippen molar-refractivity contribution in [2.75, 3.05) is 36.9 Å². The van der Waals surface area contributed by atoms with Crippen LogP contribution in [0.4, 0.5) is 11.4 Å². The van der Waals surface area contributed by atoms with Crippen LogP contribution in [0.1, 0.15) is 71.4 Å². The fourth-order valence-electron chi connectivity index (χ4n) is 6.48. The van der Waals surface area contributed by atoms with E-state index in [0.717, 1.165) is 24.0 Å². The molecule has 2 aromatic heterocycles. The average Bonchev–Trinajstić information content (AvgIpc) is 3.87. The molecule has 2 N–H and O–H groups in total. The van der Waals surface area contributed by atoms with Gasteiger partial charge in [-0.25, -0.2) is 9.97 Å². The number of nitrogens with zero attached hydrogens (tertiary/aromatic N) is 4. The summed E-state index contributed by atoms with van der Waals surface area (Å²) in [6.45, 7) is 5.40. The van der Waals surface area contributed by atoms with Crippen molar-refractivity contribution in [2.45, 2.75) is 51.6 Å². The Hall–Kier alpha value is -6.04. The highest BCUT2D eigenvalue weighted by atomic mass is 16.5. The van der Waals surface area contributed by atoms with Gasteiger partial charge in [-0.05, 0) is 99.2 Å². The van der Waals surface area contributed by atoms with E-state index >= 15 is 0 Å². The van der Waals surface area contributed by atoms with Crippen molar-refractivity contribution >= 4 is 47.2 Å². The Labute approximate surface area is 302 Å². The summed E-state index contributed by atoms with van der Waals surface area (Å²) in [6, 6.07) is 20.5. The fourth-order valence-corrected chi connectivity index (χ4v) is 6.48. The summed E-state index contributed by atoms with van der Waals surface area (Å²) in [5.74, 6) is -0.468. The first-order valence-corrected chi connectivity index (χ1v) is 17.6. The summed E-state index contributed by atoms with van der Waals surface area (Å²) in [4.78, 5) is 64.8. The minimum atomic E-state index is -0.588. The van der Waals surface area contributed by atoms with E-state index in [1.807, 2.05) is 74.5 Å². The average molecular weight is 703 g/mol. The molecule has 4 heterocycles. The molecule has 0 radical (unpaired) electrons. The number of carbonyl (C=O) groups is 4. The topological polar surface area (TPSA) is 143 Å². The molecule has 2 fully saturated rings. The maximum absolute atomic E-state index is 13.4. The van der Waals surface area contributed by atoms with Crippen LogP contribution in [0.3, 0.4) is 0 Å². The highest BCUT2D eigenvalue weighted by Gasteiger charge is 2.37. The van der Waals surface area contributed by atoms with Crippen molar-refractivity contribution in [3.8, 4) is 11.8 Å². The van der Waals surface area contributed by atoms with Gasteiger partial charge in [0.15, 0.2) is 0 Å². The van der Waals surface area contributed by atoms with Gasteiger partial charge in [-0.2, -0.15) is 0 Å². The number of benzene rings is 2. The van der Waals surface area contributed by atoms with Crippen molar-refractivity contribution in [1.29, 1.82) is 0 Å². The van der Waals surface area contributed by atoms with Gasteiger partial charge in [-0.3, -0.25) is 19.2 Å². The number of likely N-dealkylation sites (tertiary alicyclic amines) is 2. The van der Waals surface area contributed by atoms with Crippen LogP contribution in [-0.2, 0) is 9.59 Å². The maximum atomic E-state index is 13.4. The molecule has 2 atom stereocenters. The molecule has 268 valence electrons. The van der Waals surface area contributed by atoms with Crippen LogP contribution in [0, 0.1) is 0 Å². The van der Waals surface area contributed by atoms with E-state index in [1.165, 1.54) is 0 Å². The number of pyridine rings is 2. The van der Waals surface area contributed by atoms with Gasteiger partial charge < -0.3 is 29.9 Å². The predicted octanol–water partition coefficient (Wildman–Crippen LogP) is 5.93. The van der Waals surface area contributed by atoms with Gasteiger partial charge in [0, 0.05) is 36.9 Å². The fraction of sp³-hybridized carbons (Fsp3) is 0.300. The number of ether oxygens (including phenoxy) is 2. The van der Waals surface area contributed by atoms with E-state index in [1.54, 1.807) is 46.5 Å². The number of hydrogen-bond acceptors (Lipinski definition) is 8. The van der Waals surface area contributed by atoms with Gasteiger partial charge in [0.1, 0.15) is 23.2 Å². The molecule has 12 nitrogen and oxygen atoms in total. The molecule has 12 heteroatoms. The zero-order valence-corrected chi connectivity index (χ0v) is 29.3. The Morgan fingerprint density at radius 3 is 1.44 bits per heavy atom. The van der Waals surface area contributed by atoms with Crippen molar-refractivity contribution in [3.63, 3.8) is 0 Å². The minimum Gasteiger partial charge on any atom is -0.477 e. The van der Waals surface area contributed by atoms with E-state index in [0.29, 0.717) is 61.6 Å². The van der Waals surface area contributed by atoms with Gasteiger partial charge in [-0.1, -0.05) is 36.4 Å². The van der Waals surface area contributed by atoms with Crippen LogP contribution >= 0.6 is 0 Å². The largest absolute Gasteiger partial charge is 0.477 e. The second-order valence-corrected chi connectivity index (χ2v) is 12.4. The third-order valence-corrected chi connectivity index (χ3v) is 9.02. The Morgan fingerprint density at radius 2 is 1.06 bits per heavy atom. The number of rotatable bonds is 12. The summed E-state index contributed by atoms with van der Waals surface area (Å²) in [6.07, 6.45) is 9.68. The molecule has 0 aliphatic carbocycles. The zero-order valence-electron chi connectivity index (χ0n) is 29.3. The van der Waals surface area contributed by atoms with Crippen LogP contribution in [0.5, 0.6) is 11.8 Å². The van der Waals surface area contributed by atoms with Gasteiger partial charge in [0.05, 0.1) is 13.2 Å². The van der Waals surface area contributed by atoms with Crippen LogP contribution in [0.15, 0.2) is 85.2 Å². The van der Waals surface area contributed by atoms with Gasteiger partial charge in [0.25, 0.3) is 11.8 Å². The SMILES string of the molecule is CCOc1ncccc1C(=O)N1CCC[C@H]1C(=O)Nc1ccc(/C=C/c2ccc(NC(=O)[C@@H]3CCCN3C(=O)c3cccnc3OCC)cc2)cc1. The van der Waals surface area contributed by atoms with Gasteiger partial charge in [-0.15, -0.1) is 0 Å². The minimum absolute atomic E-state index is 0.236. The first-order valence-electron chi connectivity index (χ1n) is 17.6. The first kappa shape index (κ1) is 35.8. The third kappa shape index (κ3) is 8.28. The highest BCUT2D eigenvalue weighted by molar-refractivity contribution is 6.03. The molecule has 4 amide bonds. The lowest BCUT2D eigenvalue weighted by molar-refractivity contribution is -0.120. The summed E-state index contributed by atoms with van der Waals surface area (Å²) in [7, 11) is 0. The lowest BCUT2D eigenvalue weighted by Crippen LogP contribution is -2.43. The second kappa shape index (κ2) is 16.8. The molecule has 0 bridgehead atoms. The zero-order chi connectivity index (χ0) is 36.5. The predicted molar refractivity (Wildman–Crippen MR) is 198 cm³/mol. The molecule has 2 saturated heterocycles. The van der Waals surface area contributed by atoms with E-state index in [2.05, 4.69) is 20.6 Å². The molecule has 2 aromatic carbocycles. The number of anilines is 2. The quantitative estimate of drug-likeness (QED) is 0.173. The van der Waals surface area contributed by atoms with E-state index in [-0.39, 0.29) is 35.4 Å². The van der Waals surface area contributed by atoms with Crippen LogP contribution in [-0.4, -0.2) is 81.8 Å². The van der Waals surface area contributed by atoms with Crippen molar-refractivity contribution in [1.82, 2.24) is 19.8 Å². The van der Waals surface area contributed by atoms with E-state index in [9.17, 15) is 19.2 Å². The van der Waals surface area contributed by atoms with Crippen molar-refractivity contribution < 1.29 is 28.7 Å². The Kier molecular flexibility index (Phi) is 11.5. The lowest BCUT2D eigenvalue weighted by atomic mass is 10.1. The van der Waals surface area contributed by atoms with Crippen LogP contribution in [0.2, 0.25) is 0 Å². The normalized spacial score (nSPS) is 16.9. The van der Waals surface area contributed by atoms with Crippen LogP contribution in [0.25, 0.3) is 12.2 Å². The number of aromatic nitrogens is 2. The molecule has 2 aliphatic heterocycles. The molecular weight excluding hydrogens is 660 g/mol. The van der Waals surface area contributed by atoms with Crippen molar-refractivity contribution in [3.05, 3.63) is 107 Å². The lowest BCUT2D eigenvalue weighted by Gasteiger charge is -2.24. The maximum Gasteiger partial charge on any atom is 0.260 e. The number of hydrogen-bond donors (Lipinski definition) is 2. The summed E-state index contributed by atoms with van der Waals surface area (Å²) in [5.41, 5.74) is 3.83. The first-order chi connectivity index (χ1) is 25.4. The monoisotopic (exact) mass is 702 g/mol. The Bertz CT molecular complexity index is 1790. The molecule has 0 spiro atoms. The molecule has 0 unspecified atom stereocenters.